The van der Waals surface area contributed by atoms with Gasteiger partial charge in [-0.3, -0.25) is 4.79 Å². The molecule has 5 heteroatoms. The van der Waals surface area contributed by atoms with Crippen molar-refractivity contribution in [3.63, 3.8) is 0 Å². The van der Waals surface area contributed by atoms with Crippen molar-refractivity contribution in [2.75, 3.05) is 20.3 Å². The Kier molecular flexibility index (Phi) is 6.10. The van der Waals surface area contributed by atoms with E-state index in [1.807, 2.05) is 40.6 Å². The molecule has 0 aliphatic carbocycles. The minimum Gasteiger partial charge on any atom is -0.497 e. The zero-order valence-electron chi connectivity index (χ0n) is 14.9. The molecule has 2 aromatic rings. The number of nitrogens with zero attached hydrogens (tertiary/aromatic N) is 1. The third kappa shape index (κ3) is 4.41. The van der Waals surface area contributed by atoms with Crippen LogP contribution in [0.25, 0.3) is 0 Å². The van der Waals surface area contributed by atoms with Crippen LogP contribution in [0, 0.1) is 0 Å². The van der Waals surface area contributed by atoms with Crippen molar-refractivity contribution in [2.24, 2.45) is 0 Å². The van der Waals surface area contributed by atoms with Crippen molar-refractivity contribution in [1.29, 1.82) is 0 Å². The molecule has 0 unspecified atom stereocenters. The lowest BCUT2D eigenvalue weighted by atomic mass is 10.1. The zero-order valence-corrected chi connectivity index (χ0v) is 15.7. The van der Waals surface area contributed by atoms with Gasteiger partial charge < -0.3 is 14.4 Å². The van der Waals surface area contributed by atoms with Crippen LogP contribution in [0.1, 0.15) is 40.6 Å². The fourth-order valence-electron chi connectivity index (χ4n) is 3.19. The Hall–Kier alpha value is -1.85. The van der Waals surface area contributed by atoms with Crippen molar-refractivity contribution in [3.05, 3.63) is 51.7 Å². The minimum absolute atomic E-state index is 0.102. The highest BCUT2D eigenvalue weighted by molar-refractivity contribution is 7.12. The van der Waals surface area contributed by atoms with Crippen molar-refractivity contribution in [1.82, 2.24) is 4.90 Å². The Labute approximate surface area is 153 Å². The summed E-state index contributed by atoms with van der Waals surface area (Å²) in [5.41, 5.74) is 2.19. The number of thiophene rings is 1. The van der Waals surface area contributed by atoms with Crippen LogP contribution in [0.4, 0.5) is 0 Å². The normalized spacial score (nSPS) is 16.8. The first kappa shape index (κ1) is 18.0. The maximum atomic E-state index is 13.2. The molecule has 0 radical (unpaired) electrons. The molecule has 1 saturated heterocycles. The van der Waals surface area contributed by atoms with Crippen LogP contribution in [0.2, 0.25) is 0 Å². The summed E-state index contributed by atoms with van der Waals surface area (Å²) in [6.45, 7) is 4.09. The van der Waals surface area contributed by atoms with Gasteiger partial charge in [0.2, 0.25) is 0 Å². The van der Waals surface area contributed by atoms with Crippen molar-refractivity contribution >= 4 is 17.2 Å². The molecular weight excluding hydrogens is 334 g/mol. The van der Waals surface area contributed by atoms with Crippen molar-refractivity contribution < 1.29 is 14.3 Å². The highest BCUT2D eigenvalue weighted by Crippen LogP contribution is 2.23. The van der Waals surface area contributed by atoms with E-state index < -0.39 is 0 Å². The molecule has 0 saturated carbocycles. The first-order valence-electron chi connectivity index (χ1n) is 8.81. The standard InChI is InChI=1S/C20H25NO3S/c1-3-16-9-11-25-19(16)20(22)21(14-18-8-5-10-24-18)13-15-6-4-7-17(12-15)23-2/h4,6-7,9,11-12,18H,3,5,8,10,13-14H2,1-2H3/t18-/m1/s1. The van der Waals surface area contributed by atoms with Crippen LogP contribution in [-0.2, 0) is 17.7 Å². The van der Waals surface area contributed by atoms with E-state index in [0.29, 0.717) is 13.1 Å². The number of hydrogen-bond donors (Lipinski definition) is 0. The van der Waals surface area contributed by atoms with Crippen LogP contribution in [0.3, 0.4) is 0 Å². The van der Waals surface area contributed by atoms with Crippen LogP contribution in [0.5, 0.6) is 5.75 Å². The van der Waals surface area contributed by atoms with Gasteiger partial charge in [-0.15, -0.1) is 11.3 Å². The Morgan fingerprint density at radius 3 is 3.00 bits per heavy atom. The van der Waals surface area contributed by atoms with Crippen molar-refractivity contribution in [3.8, 4) is 5.75 Å². The van der Waals surface area contributed by atoms with E-state index in [0.717, 1.165) is 47.6 Å². The topological polar surface area (TPSA) is 38.8 Å². The highest BCUT2D eigenvalue weighted by Gasteiger charge is 2.25. The quantitative estimate of drug-likeness (QED) is 0.746. The fraction of sp³-hybridized carbons (Fsp3) is 0.450. The number of ether oxygens (including phenoxy) is 2. The van der Waals surface area contributed by atoms with E-state index in [1.54, 1.807) is 7.11 Å². The molecular formula is C20H25NO3S. The largest absolute Gasteiger partial charge is 0.497 e. The lowest BCUT2D eigenvalue weighted by molar-refractivity contribution is 0.0510. The van der Waals surface area contributed by atoms with Gasteiger partial charge >= 0.3 is 0 Å². The third-order valence-corrected chi connectivity index (χ3v) is 5.51. The molecule has 0 bridgehead atoms. The second-order valence-corrected chi connectivity index (χ2v) is 7.22. The lowest BCUT2D eigenvalue weighted by Crippen LogP contribution is -2.37. The second-order valence-electron chi connectivity index (χ2n) is 6.30. The molecule has 1 aromatic heterocycles. The molecule has 1 amide bonds. The maximum absolute atomic E-state index is 13.2. The summed E-state index contributed by atoms with van der Waals surface area (Å²) >= 11 is 1.53. The average molecular weight is 359 g/mol. The summed E-state index contributed by atoms with van der Waals surface area (Å²) in [6.07, 6.45) is 3.11. The van der Waals surface area contributed by atoms with Crippen LogP contribution < -0.4 is 4.74 Å². The first-order chi connectivity index (χ1) is 12.2. The smallest absolute Gasteiger partial charge is 0.264 e. The van der Waals surface area contributed by atoms with E-state index in [9.17, 15) is 4.79 Å². The van der Waals surface area contributed by atoms with E-state index in [-0.39, 0.29) is 12.0 Å². The molecule has 134 valence electrons. The fourth-order valence-corrected chi connectivity index (χ4v) is 4.15. The first-order valence-corrected chi connectivity index (χ1v) is 9.69. The van der Waals surface area contributed by atoms with E-state index >= 15 is 0 Å². The SMILES string of the molecule is CCc1ccsc1C(=O)N(Cc1cccc(OC)c1)C[C@H]1CCCO1. The number of benzene rings is 1. The molecule has 0 N–H and O–H groups in total. The number of hydrogen-bond acceptors (Lipinski definition) is 4. The predicted molar refractivity (Wildman–Crippen MR) is 100 cm³/mol. The van der Waals surface area contributed by atoms with E-state index in [4.69, 9.17) is 9.47 Å². The number of amides is 1. The van der Waals surface area contributed by atoms with Gasteiger partial charge in [-0.1, -0.05) is 19.1 Å². The lowest BCUT2D eigenvalue weighted by Gasteiger charge is -2.26. The highest BCUT2D eigenvalue weighted by atomic mass is 32.1. The molecule has 25 heavy (non-hydrogen) atoms. The molecule has 1 aromatic carbocycles. The van der Waals surface area contributed by atoms with Gasteiger partial charge in [0, 0.05) is 19.7 Å². The van der Waals surface area contributed by atoms with Gasteiger partial charge in [0.05, 0.1) is 18.1 Å². The number of carbonyl (C=O) groups is 1. The summed E-state index contributed by atoms with van der Waals surface area (Å²) in [6, 6.07) is 9.96. The number of methoxy groups -OCH3 is 1. The second kappa shape index (κ2) is 8.50. The van der Waals surface area contributed by atoms with Crippen molar-refractivity contribution in [2.45, 2.75) is 38.8 Å². The Balaban J connectivity index is 1.82. The zero-order chi connectivity index (χ0) is 17.6. The molecule has 1 aliphatic rings. The van der Waals surface area contributed by atoms with E-state index in [2.05, 4.69) is 6.92 Å². The molecule has 4 nitrogen and oxygen atoms in total. The van der Waals surface area contributed by atoms with Crippen LogP contribution in [0.15, 0.2) is 35.7 Å². The summed E-state index contributed by atoms with van der Waals surface area (Å²) < 4.78 is 11.1. The molecule has 2 heterocycles. The van der Waals surface area contributed by atoms with Crippen LogP contribution >= 0.6 is 11.3 Å². The maximum Gasteiger partial charge on any atom is 0.264 e. The van der Waals surface area contributed by atoms with Gasteiger partial charge in [-0.25, -0.2) is 0 Å². The third-order valence-electron chi connectivity index (χ3n) is 4.56. The van der Waals surface area contributed by atoms with Gasteiger partial charge in [0.15, 0.2) is 0 Å². The van der Waals surface area contributed by atoms with Gasteiger partial charge in [-0.2, -0.15) is 0 Å². The molecule has 1 fully saturated rings. The summed E-state index contributed by atoms with van der Waals surface area (Å²) in [5.74, 6) is 0.914. The molecule has 0 spiro atoms. The van der Waals surface area contributed by atoms with Gasteiger partial charge in [-0.05, 0) is 54.0 Å². The van der Waals surface area contributed by atoms with Crippen LogP contribution in [-0.4, -0.2) is 37.2 Å². The monoisotopic (exact) mass is 359 g/mol. The number of carbonyl (C=O) groups excluding carboxylic acids is 1. The van der Waals surface area contributed by atoms with Gasteiger partial charge in [0.1, 0.15) is 5.75 Å². The number of aryl methyl sites for hydroxylation is 1. The summed E-state index contributed by atoms with van der Waals surface area (Å²) in [4.78, 5) is 16.0. The Morgan fingerprint density at radius 1 is 1.40 bits per heavy atom. The number of rotatable bonds is 7. The average Bonchev–Trinajstić information content (AvgIpc) is 3.32. The summed E-state index contributed by atoms with van der Waals surface area (Å²) in [7, 11) is 1.66. The predicted octanol–water partition coefficient (Wildman–Crippen LogP) is 4.14. The Morgan fingerprint density at radius 2 is 2.28 bits per heavy atom. The summed E-state index contributed by atoms with van der Waals surface area (Å²) in [5, 5.41) is 2.00. The molecule has 1 aliphatic heterocycles. The minimum atomic E-state index is 0.102. The Bertz CT molecular complexity index is 706. The molecule has 1 atom stereocenters. The van der Waals surface area contributed by atoms with Gasteiger partial charge in [0.25, 0.3) is 5.91 Å². The van der Waals surface area contributed by atoms with E-state index in [1.165, 1.54) is 11.3 Å². The molecule has 3 rings (SSSR count).